The molecular weight excluding hydrogens is 176 g/mol. The van der Waals surface area contributed by atoms with E-state index in [-0.39, 0.29) is 0 Å². The summed E-state index contributed by atoms with van der Waals surface area (Å²) in [6.07, 6.45) is 0.741. The zero-order chi connectivity index (χ0) is 8.97. The third-order valence-electron chi connectivity index (χ3n) is 1.60. The van der Waals surface area contributed by atoms with Crippen molar-refractivity contribution in [2.75, 3.05) is 5.43 Å². The van der Waals surface area contributed by atoms with Crippen LogP contribution < -0.4 is 11.3 Å². The summed E-state index contributed by atoms with van der Waals surface area (Å²) in [4.78, 5) is 10.5. The van der Waals surface area contributed by atoms with Gasteiger partial charge in [0, 0.05) is 11.4 Å². The van der Waals surface area contributed by atoms with Gasteiger partial charge in [0.2, 0.25) is 0 Å². The maximum Gasteiger partial charge on any atom is 0.152 e. The van der Waals surface area contributed by atoms with E-state index in [9.17, 15) is 4.79 Å². The molecule has 4 heteroatoms. The molecule has 0 aliphatic rings. The first kappa shape index (κ1) is 9.03. The number of para-hydroxylation sites is 1. The van der Waals surface area contributed by atoms with Crippen molar-refractivity contribution < 1.29 is 4.79 Å². The minimum atomic E-state index is 0.335. The summed E-state index contributed by atoms with van der Waals surface area (Å²) < 4.78 is 0. The zero-order valence-electron chi connectivity index (χ0n) is 6.38. The first-order chi connectivity index (χ1) is 5.83. The smallest absolute Gasteiger partial charge is 0.152 e. The van der Waals surface area contributed by atoms with Gasteiger partial charge in [-0.3, -0.25) is 10.6 Å². The molecule has 1 aromatic rings. The van der Waals surface area contributed by atoms with E-state index in [0.717, 1.165) is 11.8 Å². The number of hydrazine groups is 1. The lowest BCUT2D eigenvalue weighted by atomic mass is 10.1. The molecule has 0 aliphatic carbocycles. The highest BCUT2D eigenvalue weighted by Crippen LogP contribution is 2.20. The van der Waals surface area contributed by atoms with E-state index in [1.165, 1.54) is 0 Å². The molecule has 0 heterocycles. The maximum absolute atomic E-state index is 10.5. The van der Waals surface area contributed by atoms with Gasteiger partial charge < -0.3 is 5.43 Å². The van der Waals surface area contributed by atoms with Crippen molar-refractivity contribution in [1.29, 1.82) is 0 Å². The van der Waals surface area contributed by atoms with Crippen molar-refractivity contribution >= 4 is 23.6 Å². The van der Waals surface area contributed by atoms with Crippen molar-refractivity contribution in [3.8, 4) is 0 Å². The van der Waals surface area contributed by atoms with Crippen LogP contribution in [0.25, 0.3) is 0 Å². The van der Waals surface area contributed by atoms with Gasteiger partial charge >= 0.3 is 0 Å². The summed E-state index contributed by atoms with van der Waals surface area (Å²) in [6.45, 7) is 0. The monoisotopic (exact) mass is 184 g/mol. The number of nitrogen functional groups attached to an aromatic ring is 1. The standard InChI is InChI=1S/C8H9ClN2O/c9-4-6-2-1-3-7(5-12)8(6)11-10/h1-3,5,11H,4,10H2. The molecule has 0 aliphatic heterocycles. The van der Waals surface area contributed by atoms with Crippen molar-refractivity contribution in [1.82, 2.24) is 0 Å². The molecule has 3 N–H and O–H groups in total. The average molecular weight is 185 g/mol. The highest BCUT2D eigenvalue weighted by atomic mass is 35.5. The molecule has 12 heavy (non-hydrogen) atoms. The maximum atomic E-state index is 10.5. The molecule has 64 valence electrons. The molecule has 0 radical (unpaired) electrons. The molecule has 3 nitrogen and oxygen atoms in total. The van der Waals surface area contributed by atoms with Crippen molar-refractivity contribution in [2.45, 2.75) is 5.88 Å². The Kier molecular flexibility index (Phi) is 3.08. The number of hydrogen-bond acceptors (Lipinski definition) is 3. The van der Waals surface area contributed by atoms with Gasteiger partial charge in [-0.1, -0.05) is 12.1 Å². The summed E-state index contributed by atoms with van der Waals surface area (Å²) >= 11 is 5.63. The van der Waals surface area contributed by atoms with Crippen LogP contribution in [-0.4, -0.2) is 6.29 Å². The summed E-state index contributed by atoms with van der Waals surface area (Å²) in [7, 11) is 0. The van der Waals surface area contributed by atoms with Crippen LogP contribution in [-0.2, 0) is 5.88 Å². The lowest BCUT2D eigenvalue weighted by molar-refractivity contribution is 0.112. The molecule has 0 saturated carbocycles. The molecule has 0 aromatic heterocycles. The number of rotatable bonds is 3. The molecule has 0 saturated heterocycles. The Labute approximate surface area is 75.5 Å². The van der Waals surface area contributed by atoms with Crippen LogP contribution in [0.15, 0.2) is 18.2 Å². The zero-order valence-corrected chi connectivity index (χ0v) is 7.14. The topological polar surface area (TPSA) is 55.1 Å². The molecule has 0 amide bonds. The summed E-state index contributed by atoms with van der Waals surface area (Å²) in [5, 5.41) is 0. The Balaban J connectivity index is 3.21. The summed E-state index contributed by atoms with van der Waals surface area (Å²) in [6, 6.07) is 5.26. The van der Waals surface area contributed by atoms with Crippen LogP contribution in [0.5, 0.6) is 0 Å². The molecule has 0 bridgehead atoms. The van der Waals surface area contributed by atoms with Crippen LogP contribution in [0.2, 0.25) is 0 Å². The number of nitrogens with two attached hydrogens (primary N) is 1. The van der Waals surface area contributed by atoms with E-state index in [4.69, 9.17) is 17.4 Å². The first-order valence-corrected chi connectivity index (χ1v) is 3.96. The Morgan fingerprint density at radius 2 is 2.33 bits per heavy atom. The summed E-state index contributed by atoms with van der Waals surface area (Å²) in [5.74, 6) is 5.57. The van der Waals surface area contributed by atoms with E-state index >= 15 is 0 Å². The minimum absolute atomic E-state index is 0.335. The fraction of sp³-hybridized carbons (Fsp3) is 0.125. The number of nitrogens with one attached hydrogen (secondary N) is 1. The number of anilines is 1. The van der Waals surface area contributed by atoms with E-state index < -0.39 is 0 Å². The molecule has 0 fully saturated rings. The molecule has 1 aromatic carbocycles. The predicted molar refractivity (Wildman–Crippen MR) is 49.2 cm³/mol. The number of carbonyl (C=O) groups is 1. The van der Waals surface area contributed by atoms with E-state index in [1.54, 1.807) is 12.1 Å². The second kappa shape index (κ2) is 4.09. The highest BCUT2D eigenvalue weighted by Gasteiger charge is 2.04. The number of halogens is 1. The average Bonchev–Trinajstić information content (AvgIpc) is 2.16. The SMILES string of the molecule is NNc1c(C=O)cccc1CCl. The van der Waals surface area contributed by atoms with Crippen LogP contribution in [0, 0.1) is 0 Å². The van der Waals surface area contributed by atoms with Gasteiger partial charge in [-0.25, -0.2) is 0 Å². The van der Waals surface area contributed by atoms with E-state index in [0.29, 0.717) is 17.1 Å². The second-order valence-electron chi connectivity index (χ2n) is 2.28. The lowest BCUT2D eigenvalue weighted by Crippen LogP contribution is -2.11. The first-order valence-electron chi connectivity index (χ1n) is 3.43. The van der Waals surface area contributed by atoms with Crippen LogP contribution in [0.3, 0.4) is 0 Å². The molecular formula is C8H9ClN2O. The molecule has 0 spiro atoms. The predicted octanol–water partition coefficient (Wildman–Crippen LogP) is 1.52. The van der Waals surface area contributed by atoms with Crippen LogP contribution in [0.1, 0.15) is 15.9 Å². The fourth-order valence-corrected chi connectivity index (χ4v) is 1.23. The van der Waals surface area contributed by atoms with Crippen LogP contribution in [0.4, 0.5) is 5.69 Å². The van der Waals surface area contributed by atoms with Crippen molar-refractivity contribution in [3.63, 3.8) is 0 Å². The summed E-state index contributed by atoms with van der Waals surface area (Å²) in [5.41, 5.74) is 4.40. The van der Waals surface area contributed by atoms with E-state index in [1.807, 2.05) is 6.07 Å². The van der Waals surface area contributed by atoms with Gasteiger partial charge in [0.05, 0.1) is 5.69 Å². The Bertz CT molecular complexity index is 288. The fourth-order valence-electron chi connectivity index (χ4n) is 1.01. The second-order valence-corrected chi connectivity index (χ2v) is 2.54. The molecule has 1 rings (SSSR count). The van der Waals surface area contributed by atoms with Gasteiger partial charge in [0.25, 0.3) is 0 Å². The number of carbonyl (C=O) groups excluding carboxylic acids is 1. The van der Waals surface area contributed by atoms with Crippen molar-refractivity contribution in [3.05, 3.63) is 29.3 Å². The number of aldehydes is 1. The minimum Gasteiger partial charge on any atom is -0.323 e. The van der Waals surface area contributed by atoms with Gasteiger partial charge in [-0.15, -0.1) is 11.6 Å². The lowest BCUT2D eigenvalue weighted by Gasteiger charge is -2.07. The Hall–Kier alpha value is -1.06. The van der Waals surface area contributed by atoms with E-state index in [2.05, 4.69) is 5.43 Å². The molecule has 0 unspecified atom stereocenters. The third kappa shape index (κ3) is 1.57. The third-order valence-corrected chi connectivity index (χ3v) is 1.89. The van der Waals surface area contributed by atoms with Gasteiger partial charge in [0.15, 0.2) is 6.29 Å². The van der Waals surface area contributed by atoms with Gasteiger partial charge in [-0.05, 0) is 11.6 Å². The van der Waals surface area contributed by atoms with Gasteiger partial charge in [-0.2, -0.15) is 0 Å². The normalized spacial score (nSPS) is 9.50. The Morgan fingerprint density at radius 3 is 2.83 bits per heavy atom. The van der Waals surface area contributed by atoms with Crippen molar-refractivity contribution in [2.24, 2.45) is 5.84 Å². The highest BCUT2D eigenvalue weighted by molar-refractivity contribution is 6.17. The number of benzene rings is 1. The van der Waals surface area contributed by atoms with Gasteiger partial charge in [0.1, 0.15) is 0 Å². The Morgan fingerprint density at radius 1 is 1.58 bits per heavy atom. The largest absolute Gasteiger partial charge is 0.323 e. The quantitative estimate of drug-likeness (QED) is 0.324. The number of hydrogen-bond donors (Lipinski definition) is 2. The van der Waals surface area contributed by atoms with Crippen LogP contribution >= 0.6 is 11.6 Å². The molecule has 0 atom stereocenters. The number of alkyl halides is 1.